The smallest absolute Gasteiger partial charge is 0.305 e. The average Bonchev–Trinajstić information content (AvgIpc) is 3.34. The number of aliphatic hydroxyl groups excluding tert-OH is 2. The van der Waals surface area contributed by atoms with Gasteiger partial charge in [-0.3, -0.25) is 9.59 Å². The van der Waals surface area contributed by atoms with E-state index >= 15 is 0 Å². The van der Waals surface area contributed by atoms with Crippen LogP contribution in [0.25, 0.3) is 0 Å². The number of unbranched alkanes of at least 4 members (excludes halogenated alkanes) is 42. The fourth-order valence-corrected chi connectivity index (χ4v) is 9.56. The van der Waals surface area contributed by atoms with Crippen LogP contribution in [0.5, 0.6) is 0 Å². The highest BCUT2D eigenvalue weighted by Crippen LogP contribution is 2.18. The Bertz CT molecular complexity index is 1060. The van der Waals surface area contributed by atoms with Crippen LogP contribution in [0.2, 0.25) is 0 Å². The van der Waals surface area contributed by atoms with Crippen molar-refractivity contribution in [2.24, 2.45) is 0 Å². The van der Waals surface area contributed by atoms with E-state index in [0.29, 0.717) is 25.9 Å². The minimum absolute atomic E-state index is 0.000671. The molecule has 0 aliphatic rings. The SMILES string of the molecule is CCC/C=C\C/C=C\CCCCCCCC(=O)OCCCCCCCCCCCCCCCCCCCCCCCCCC(=O)NC(CO)C(O)CCCCCCCCCCCCCCCCC. The summed E-state index contributed by atoms with van der Waals surface area (Å²) in [7, 11) is 0. The molecule has 0 heterocycles. The van der Waals surface area contributed by atoms with E-state index in [2.05, 4.69) is 43.5 Å². The third-order valence-electron chi connectivity index (χ3n) is 14.2. The van der Waals surface area contributed by atoms with Crippen molar-refractivity contribution in [3.63, 3.8) is 0 Å². The van der Waals surface area contributed by atoms with E-state index in [9.17, 15) is 19.8 Å². The minimum Gasteiger partial charge on any atom is -0.466 e. The van der Waals surface area contributed by atoms with E-state index in [4.69, 9.17) is 4.74 Å². The van der Waals surface area contributed by atoms with Crippen LogP contribution in [0.15, 0.2) is 24.3 Å². The van der Waals surface area contributed by atoms with Gasteiger partial charge in [0.05, 0.1) is 25.4 Å². The summed E-state index contributed by atoms with van der Waals surface area (Å²) in [6.45, 7) is 4.90. The lowest BCUT2D eigenvalue weighted by Crippen LogP contribution is -2.45. The molecule has 0 radical (unpaired) electrons. The highest BCUT2D eigenvalue weighted by atomic mass is 16.5. The molecule has 3 N–H and O–H groups in total. The van der Waals surface area contributed by atoms with Gasteiger partial charge in [0.1, 0.15) is 0 Å². The van der Waals surface area contributed by atoms with Crippen molar-refractivity contribution in [3.05, 3.63) is 24.3 Å². The summed E-state index contributed by atoms with van der Waals surface area (Å²) < 4.78 is 5.47. The molecule has 68 heavy (non-hydrogen) atoms. The molecule has 0 aliphatic heterocycles. The molecule has 0 aromatic heterocycles. The molecule has 0 aromatic rings. The Labute approximate surface area is 424 Å². The predicted octanol–water partition coefficient (Wildman–Crippen LogP) is 19.0. The van der Waals surface area contributed by atoms with Crippen LogP contribution in [0.4, 0.5) is 0 Å². The van der Waals surface area contributed by atoms with Gasteiger partial charge < -0.3 is 20.3 Å². The maximum Gasteiger partial charge on any atom is 0.305 e. The molecule has 0 aromatic carbocycles. The first-order valence-corrected chi connectivity index (χ1v) is 30.6. The van der Waals surface area contributed by atoms with E-state index in [1.807, 2.05) is 0 Å². The second kappa shape index (κ2) is 57.9. The number of allylic oxidation sites excluding steroid dienone is 4. The number of amides is 1. The Morgan fingerprint density at radius 2 is 0.765 bits per heavy atom. The van der Waals surface area contributed by atoms with Crippen molar-refractivity contribution in [2.75, 3.05) is 13.2 Å². The Kier molecular flexibility index (Phi) is 56.5. The second-order valence-electron chi connectivity index (χ2n) is 21.0. The summed E-state index contributed by atoms with van der Waals surface area (Å²) in [5, 5.41) is 23.3. The van der Waals surface area contributed by atoms with Crippen LogP contribution in [-0.4, -0.2) is 47.4 Å². The van der Waals surface area contributed by atoms with Gasteiger partial charge in [-0.2, -0.15) is 0 Å². The summed E-state index contributed by atoms with van der Waals surface area (Å²) in [6, 6.07) is -0.541. The van der Waals surface area contributed by atoms with Gasteiger partial charge in [0.2, 0.25) is 5.91 Å². The number of carbonyl (C=O) groups is 2. The molecule has 0 aliphatic carbocycles. The summed E-state index contributed by atoms with van der Waals surface area (Å²) in [5.74, 6) is -0.0334. The van der Waals surface area contributed by atoms with Crippen LogP contribution in [-0.2, 0) is 14.3 Å². The number of nitrogens with one attached hydrogen (secondary N) is 1. The van der Waals surface area contributed by atoms with E-state index in [1.165, 1.54) is 250 Å². The fraction of sp³-hybridized carbons (Fsp3) is 0.903. The predicted molar refractivity (Wildman–Crippen MR) is 296 cm³/mol. The number of aliphatic hydroxyl groups is 2. The normalized spacial score (nSPS) is 12.7. The van der Waals surface area contributed by atoms with Gasteiger partial charge in [-0.1, -0.05) is 295 Å². The summed E-state index contributed by atoms with van der Waals surface area (Å²) in [5.41, 5.74) is 0. The lowest BCUT2D eigenvalue weighted by atomic mass is 10.0. The first-order chi connectivity index (χ1) is 33.5. The number of hydrogen-bond donors (Lipinski definition) is 3. The van der Waals surface area contributed by atoms with Crippen molar-refractivity contribution in [3.8, 4) is 0 Å². The van der Waals surface area contributed by atoms with Crippen LogP contribution in [0.1, 0.15) is 335 Å². The van der Waals surface area contributed by atoms with Crippen molar-refractivity contribution in [2.45, 2.75) is 347 Å². The molecule has 6 nitrogen and oxygen atoms in total. The largest absolute Gasteiger partial charge is 0.466 e. The number of esters is 1. The monoisotopic (exact) mass is 958 g/mol. The van der Waals surface area contributed by atoms with Crippen molar-refractivity contribution < 1.29 is 24.5 Å². The van der Waals surface area contributed by atoms with Gasteiger partial charge in [-0.15, -0.1) is 0 Å². The lowest BCUT2D eigenvalue weighted by molar-refractivity contribution is -0.143. The summed E-state index contributed by atoms with van der Waals surface area (Å²) in [6.07, 6.45) is 70.4. The van der Waals surface area contributed by atoms with Crippen molar-refractivity contribution >= 4 is 11.9 Å². The van der Waals surface area contributed by atoms with E-state index in [-0.39, 0.29) is 18.5 Å². The van der Waals surface area contributed by atoms with Crippen LogP contribution >= 0.6 is 0 Å². The zero-order chi connectivity index (χ0) is 49.3. The molecule has 6 heteroatoms. The third-order valence-corrected chi connectivity index (χ3v) is 14.2. The average molecular weight is 959 g/mol. The molecule has 0 bridgehead atoms. The Balaban J connectivity index is 3.37. The summed E-state index contributed by atoms with van der Waals surface area (Å²) in [4.78, 5) is 24.5. The zero-order valence-electron chi connectivity index (χ0n) is 45.9. The third kappa shape index (κ3) is 53.7. The zero-order valence-corrected chi connectivity index (χ0v) is 45.9. The minimum atomic E-state index is -0.663. The van der Waals surface area contributed by atoms with Gasteiger partial charge >= 0.3 is 5.97 Å². The van der Waals surface area contributed by atoms with Gasteiger partial charge in [0, 0.05) is 12.8 Å². The van der Waals surface area contributed by atoms with Crippen LogP contribution < -0.4 is 5.32 Å². The first-order valence-electron chi connectivity index (χ1n) is 30.6. The van der Waals surface area contributed by atoms with Crippen LogP contribution in [0, 0.1) is 0 Å². The topological polar surface area (TPSA) is 95.9 Å². The first kappa shape index (κ1) is 66.3. The highest BCUT2D eigenvalue weighted by molar-refractivity contribution is 5.76. The molecule has 1 amide bonds. The van der Waals surface area contributed by atoms with Crippen molar-refractivity contribution in [1.82, 2.24) is 5.32 Å². The maximum absolute atomic E-state index is 12.5. The van der Waals surface area contributed by atoms with Crippen LogP contribution in [0.3, 0.4) is 0 Å². The Morgan fingerprint density at radius 1 is 0.412 bits per heavy atom. The Morgan fingerprint density at radius 3 is 1.18 bits per heavy atom. The number of ether oxygens (including phenoxy) is 1. The number of rotatable bonds is 57. The molecule has 402 valence electrons. The fourth-order valence-electron chi connectivity index (χ4n) is 9.56. The number of carbonyl (C=O) groups excluding carboxylic acids is 2. The molecule has 2 unspecified atom stereocenters. The maximum atomic E-state index is 12.5. The molecule has 0 spiro atoms. The van der Waals surface area contributed by atoms with Gasteiger partial charge in [0.25, 0.3) is 0 Å². The van der Waals surface area contributed by atoms with E-state index < -0.39 is 12.1 Å². The van der Waals surface area contributed by atoms with Gasteiger partial charge in [0.15, 0.2) is 0 Å². The molecule has 0 fully saturated rings. The van der Waals surface area contributed by atoms with Gasteiger partial charge in [-0.05, 0) is 51.4 Å². The quantitative estimate of drug-likeness (QED) is 0.0321. The molecule has 0 saturated heterocycles. The molecule has 0 rings (SSSR count). The molecular formula is C62H119NO5. The highest BCUT2D eigenvalue weighted by Gasteiger charge is 2.20. The molecular weight excluding hydrogens is 839 g/mol. The van der Waals surface area contributed by atoms with E-state index in [1.54, 1.807) is 0 Å². The standard InChI is InChI=1S/C62H119NO5/c1-3-5-7-9-11-13-15-17-27-31-34-38-42-46-50-54-60(65)59(58-64)63-61(66)55-51-47-43-39-35-32-28-25-23-21-19-18-20-22-24-26-29-33-37-41-45-49-53-57-68-62(67)56-52-48-44-40-36-30-16-14-12-10-8-6-4-2/h8,10,14,16,59-60,64-65H,3-7,9,11-13,15,17-58H2,1-2H3,(H,63,66)/b10-8-,16-14-. The summed E-state index contributed by atoms with van der Waals surface area (Å²) >= 11 is 0. The lowest BCUT2D eigenvalue weighted by Gasteiger charge is -2.22. The molecule has 0 saturated carbocycles. The Hall–Kier alpha value is -1.66. The van der Waals surface area contributed by atoms with Crippen molar-refractivity contribution in [1.29, 1.82) is 0 Å². The van der Waals surface area contributed by atoms with E-state index in [0.717, 1.165) is 51.4 Å². The molecule has 2 atom stereocenters. The second-order valence-corrected chi connectivity index (χ2v) is 21.0. The van der Waals surface area contributed by atoms with Gasteiger partial charge in [-0.25, -0.2) is 0 Å². The number of hydrogen-bond acceptors (Lipinski definition) is 5.